The molecule has 0 saturated carbocycles. The molecule has 0 spiro atoms. The van der Waals surface area contributed by atoms with Crippen LogP contribution in [0.25, 0.3) is 0 Å². The first-order chi connectivity index (χ1) is 14.9. The molecule has 9 heteroatoms. The van der Waals surface area contributed by atoms with Crippen LogP contribution >= 0.6 is 11.3 Å². The topological polar surface area (TPSA) is 92.3 Å². The van der Waals surface area contributed by atoms with Gasteiger partial charge in [0.25, 0.3) is 5.91 Å². The smallest absolute Gasteiger partial charge is 0.286 e. The molecule has 4 rings (SSSR count). The number of carbonyl (C=O) groups is 1. The number of nitrogens with zero attached hydrogens (tertiary/aromatic N) is 3. The van der Waals surface area contributed by atoms with Crippen LogP contribution in [0.15, 0.2) is 54.6 Å². The molecule has 1 atom stereocenters. The zero-order valence-electron chi connectivity index (χ0n) is 17.2. The number of nitrogens with one attached hydrogen (secondary N) is 1. The summed E-state index contributed by atoms with van der Waals surface area (Å²) in [6.07, 6.45) is 1.58. The van der Waals surface area contributed by atoms with Gasteiger partial charge in [0.2, 0.25) is 15.0 Å². The highest BCUT2D eigenvalue weighted by Gasteiger charge is 2.32. The molecule has 7 nitrogen and oxygen atoms in total. The van der Waals surface area contributed by atoms with E-state index in [1.807, 2.05) is 61.5 Å². The number of amides is 1. The monoisotopic (exact) mass is 456 g/mol. The van der Waals surface area contributed by atoms with Crippen LogP contribution in [0.2, 0.25) is 0 Å². The fourth-order valence-electron chi connectivity index (χ4n) is 3.65. The lowest BCUT2D eigenvalue weighted by molar-refractivity contribution is 0.102. The van der Waals surface area contributed by atoms with E-state index in [0.717, 1.165) is 29.7 Å². The van der Waals surface area contributed by atoms with E-state index in [9.17, 15) is 13.2 Å². The molecule has 1 aromatic heterocycles. The van der Waals surface area contributed by atoms with Crippen molar-refractivity contribution < 1.29 is 13.2 Å². The van der Waals surface area contributed by atoms with Crippen molar-refractivity contribution in [3.8, 4) is 0 Å². The number of aryl methyl sites for hydroxylation is 1. The Labute approximate surface area is 186 Å². The number of aromatic nitrogens is 2. The third-order valence-corrected chi connectivity index (χ3v) is 8.25. The molecular formula is C22H24N4O3S2. The van der Waals surface area contributed by atoms with Gasteiger partial charge in [-0.1, -0.05) is 59.9 Å². The number of hydrogen-bond donors (Lipinski definition) is 1. The third kappa shape index (κ3) is 5.17. The second kappa shape index (κ2) is 9.25. The lowest BCUT2D eigenvalue weighted by atomic mass is 10.0. The van der Waals surface area contributed by atoms with Crippen LogP contribution in [0.4, 0.5) is 5.69 Å². The van der Waals surface area contributed by atoms with Crippen molar-refractivity contribution in [2.24, 2.45) is 0 Å². The van der Waals surface area contributed by atoms with Crippen LogP contribution in [0.5, 0.6) is 0 Å². The minimum atomic E-state index is -3.42. The lowest BCUT2D eigenvalue weighted by Crippen LogP contribution is -2.39. The van der Waals surface area contributed by atoms with Crippen LogP contribution in [0, 0.1) is 6.92 Å². The average molecular weight is 457 g/mol. The zero-order chi connectivity index (χ0) is 21.8. The van der Waals surface area contributed by atoms with E-state index in [2.05, 4.69) is 15.5 Å². The zero-order valence-corrected chi connectivity index (χ0v) is 18.8. The van der Waals surface area contributed by atoms with Gasteiger partial charge in [0.15, 0.2) is 0 Å². The third-order valence-electron chi connectivity index (χ3n) is 5.35. The molecule has 1 unspecified atom stereocenters. The maximum absolute atomic E-state index is 12.9. The number of para-hydroxylation sites is 1. The lowest BCUT2D eigenvalue weighted by Gasteiger charge is -2.30. The standard InChI is InChI=1S/C22H24N4O3S2/c1-16-8-5-6-12-19(16)23-20(27)22-25-24-21(30-22)18-11-7-13-26(14-18)31(28,29)15-17-9-3-2-4-10-17/h2-6,8-10,12,18H,7,11,13-15H2,1H3,(H,23,27). The maximum Gasteiger partial charge on any atom is 0.286 e. The summed E-state index contributed by atoms with van der Waals surface area (Å²) in [5.41, 5.74) is 2.47. The first kappa shape index (κ1) is 21.6. The number of benzene rings is 2. The quantitative estimate of drug-likeness (QED) is 0.609. The van der Waals surface area contributed by atoms with Gasteiger partial charge in [-0.25, -0.2) is 12.7 Å². The Morgan fingerprint density at radius 3 is 2.65 bits per heavy atom. The molecule has 1 aliphatic heterocycles. The fraction of sp³-hybridized carbons (Fsp3) is 0.318. The molecule has 0 bridgehead atoms. The summed E-state index contributed by atoms with van der Waals surface area (Å²) in [5.74, 6) is -0.375. The summed E-state index contributed by atoms with van der Waals surface area (Å²) in [4.78, 5) is 12.6. The Bertz CT molecular complexity index is 1160. The molecular weight excluding hydrogens is 432 g/mol. The van der Waals surface area contributed by atoms with E-state index in [1.165, 1.54) is 11.3 Å². The molecule has 2 heterocycles. The second-order valence-electron chi connectivity index (χ2n) is 7.65. The molecule has 1 saturated heterocycles. The van der Waals surface area contributed by atoms with Crippen LogP contribution in [0.1, 0.15) is 44.7 Å². The molecule has 2 aromatic carbocycles. The van der Waals surface area contributed by atoms with E-state index < -0.39 is 10.0 Å². The molecule has 1 fully saturated rings. The highest BCUT2D eigenvalue weighted by Crippen LogP contribution is 2.31. The van der Waals surface area contributed by atoms with Crippen molar-refractivity contribution in [1.82, 2.24) is 14.5 Å². The van der Waals surface area contributed by atoms with Crippen LogP contribution in [-0.2, 0) is 15.8 Å². The Morgan fingerprint density at radius 1 is 1.13 bits per heavy atom. The highest BCUT2D eigenvalue weighted by molar-refractivity contribution is 7.88. The van der Waals surface area contributed by atoms with Crippen molar-refractivity contribution in [2.75, 3.05) is 18.4 Å². The van der Waals surface area contributed by atoms with Gasteiger partial charge in [0.05, 0.1) is 5.75 Å². The van der Waals surface area contributed by atoms with Gasteiger partial charge in [-0.15, -0.1) is 10.2 Å². The molecule has 1 amide bonds. The van der Waals surface area contributed by atoms with Gasteiger partial charge in [0, 0.05) is 24.7 Å². The van der Waals surface area contributed by atoms with Crippen molar-refractivity contribution in [3.63, 3.8) is 0 Å². The molecule has 162 valence electrons. The molecule has 1 aliphatic rings. The van der Waals surface area contributed by atoms with Crippen LogP contribution < -0.4 is 5.32 Å². The van der Waals surface area contributed by atoms with Crippen molar-refractivity contribution in [2.45, 2.75) is 31.4 Å². The first-order valence-corrected chi connectivity index (χ1v) is 12.6. The van der Waals surface area contributed by atoms with Crippen molar-refractivity contribution >= 4 is 33.0 Å². The normalized spacial score (nSPS) is 17.4. The SMILES string of the molecule is Cc1ccccc1NC(=O)c1nnc(C2CCCN(S(=O)(=O)Cc3ccccc3)C2)s1. The van der Waals surface area contributed by atoms with Gasteiger partial charge in [-0.05, 0) is 37.0 Å². The number of rotatable bonds is 6. The predicted octanol–water partition coefficient (Wildman–Crippen LogP) is 3.81. The largest absolute Gasteiger partial charge is 0.320 e. The summed E-state index contributed by atoms with van der Waals surface area (Å²) in [6.45, 7) is 2.79. The van der Waals surface area contributed by atoms with E-state index in [0.29, 0.717) is 18.1 Å². The maximum atomic E-state index is 12.9. The van der Waals surface area contributed by atoms with E-state index >= 15 is 0 Å². The molecule has 1 N–H and O–H groups in total. The highest BCUT2D eigenvalue weighted by atomic mass is 32.2. The van der Waals surface area contributed by atoms with Crippen molar-refractivity contribution in [3.05, 3.63) is 75.7 Å². The van der Waals surface area contributed by atoms with E-state index in [1.54, 1.807) is 4.31 Å². The minimum Gasteiger partial charge on any atom is -0.320 e. The van der Waals surface area contributed by atoms with Gasteiger partial charge in [-0.3, -0.25) is 4.79 Å². The van der Waals surface area contributed by atoms with Crippen LogP contribution in [0.3, 0.4) is 0 Å². The van der Waals surface area contributed by atoms with Gasteiger partial charge in [0.1, 0.15) is 5.01 Å². The molecule has 3 aromatic rings. The fourth-order valence-corrected chi connectivity index (χ4v) is 6.13. The van der Waals surface area contributed by atoms with E-state index in [-0.39, 0.29) is 22.6 Å². The summed E-state index contributed by atoms with van der Waals surface area (Å²) < 4.78 is 27.4. The summed E-state index contributed by atoms with van der Waals surface area (Å²) in [7, 11) is -3.42. The van der Waals surface area contributed by atoms with Gasteiger partial charge in [-0.2, -0.15) is 0 Å². The number of sulfonamides is 1. The van der Waals surface area contributed by atoms with E-state index in [4.69, 9.17) is 0 Å². The number of piperidine rings is 1. The molecule has 0 aliphatic carbocycles. The second-order valence-corrected chi connectivity index (χ2v) is 10.6. The first-order valence-electron chi connectivity index (χ1n) is 10.1. The average Bonchev–Trinajstić information content (AvgIpc) is 3.26. The van der Waals surface area contributed by atoms with Crippen molar-refractivity contribution in [1.29, 1.82) is 0 Å². The summed E-state index contributed by atoms with van der Waals surface area (Å²) >= 11 is 1.23. The minimum absolute atomic E-state index is 0.0131. The number of anilines is 1. The molecule has 31 heavy (non-hydrogen) atoms. The van der Waals surface area contributed by atoms with Gasteiger partial charge >= 0.3 is 0 Å². The Morgan fingerprint density at radius 2 is 1.87 bits per heavy atom. The summed E-state index contributed by atoms with van der Waals surface area (Å²) in [6, 6.07) is 16.7. The molecule has 0 radical (unpaired) electrons. The summed E-state index contributed by atoms with van der Waals surface area (Å²) in [5, 5.41) is 12.1. The number of carbonyl (C=O) groups excluding carboxylic acids is 1. The van der Waals surface area contributed by atoms with Gasteiger partial charge < -0.3 is 5.32 Å². The predicted molar refractivity (Wildman–Crippen MR) is 122 cm³/mol. The Hall–Kier alpha value is -2.62. The Kier molecular flexibility index (Phi) is 6.45. The van der Waals surface area contributed by atoms with Crippen LogP contribution in [-0.4, -0.2) is 41.9 Å². The Balaban J connectivity index is 1.44. The number of hydrogen-bond acceptors (Lipinski definition) is 6.